The van der Waals surface area contributed by atoms with Crippen molar-refractivity contribution in [2.45, 2.75) is 226 Å². The van der Waals surface area contributed by atoms with E-state index in [1.165, 1.54) is 83.5 Å². The van der Waals surface area contributed by atoms with Crippen LogP contribution >= 0.6 is 0 Å². The number of carbonyl (C=O) groups is 2. The molecule has 0 aliphatic carbocycles. The van der Waals surface area contributed by atoms with Gasteiger partial charge in [0.2, 0.25) is 0 Å². The van der Waals surface area contributed by atoms with Crippen LogP contribution in [0.5, 0.6) is 0 Å². The number of anilines is 2. The number of carbonyl (C=O) groups excluding carboxylic acids is 2. The summed E-state index contributed by atoms with van der Waals surface area (Å²) in [7, 11) is 1.67. The minimum Gasteiger partial charge on any atom is -0.462 e. The molecule has 1 aromatic carbocycles. The molecular formula is C49H89N3O6. The van der Waals surface area contributed by atoms with Crippen molar-refractivity contribution < 1.29 is 19.1 Å². The first-order chi connectivity index (χ1) is 28.4. The van der Waals surface area contributed by atoms with Crippen LogP contribution in [0, 0.1) is 0 Å². The average molecular weight is 816 g/mol. The van der Waals surface area contributed by atoms with Gasteiger partial charge in [0.05, 0.1) is 0 Å². The van der Waals surface area contributed by atoms with Crippen molar-refractivity contribution >= 4 is 23.3 Å². The Bertz CT molecular complexity index is 1230. The number of unbranched alkanes of at least 4 members (excludes halogenated alkanes) is 21. The summed E-state index contributed by atoms with van der Waals surface area (Å²) < 4.78 is 11.4. The van der Waals surface area contributed by atoms with E-state index in [1.54, 1.807) is 7.05 Å². The third kappa shape index (κ3) is 28.7. The molecule has 0 aliphatic rings. The Balaban J connectivity index is 2.37. The van der Waals surface area contributed by atoms with Gasteiger partial charge in [-0.1, -0.05) is 148 Å². The predicted molar refractivity (Wildman–Crippen MR) is 246 cm³/mol. The highest BCUT2D eigenvalue weighted by Crippen LogP contribution is 2.19. The molecule has 2 N–H and O–H groups in total. The smallest absolute Gasteiger partial charge is 0.306 e. The molecule has 58 heavy (non-hydrogen) atoms. The van der Waals surface area contributed by atoms with Crippen molar-refractivity contribution in [3.8, 4) is 0 Å². The minimum atomic E-state index is -0.443. The molecule has 1 unspecified atom stereocenters. The van der Waals surface area contributed by atoms with Gasteiger partial charge in [0.15, 0.2) is 0 Å². The maximum Gasteiger partial charge on any atom is 0.306 e. The standard InChI is InChI=1S/C49H89N3O6/c1-5-8-11-14-16-25-32-42-57-44(53)36-28-21-17-23-30-39-52(41-33-38-51-47-46(50-4)48(55)49(47)56)40-31-24-18-22-29-37-45(54)58-43(34-26-19-13-10-7-3)35-27-20-15-12-9-6-2/h25,32,43,50-51H,5-24,26-31,33-42H2,1-4H3/b32-25-. The van der Waals surface area contributed by atoms with E-state index in [4.69, 9.17) is 9.47 Å². The van der Waals surface area contributed by atoms with Crippen LogP contribution < -0.4 is 21.5 Å². The third-order valence-electron chi connectivity index (χ3n) is 11.4. The molecule has 0 bridgehead atoms. The molecule has 1 atom stereocenters. The fourth-order valence-electron chi connectivity index (χ4n) is 7.64. The second-order valence-electron chi connectivity index (χ2n) is 16.7. The number of rotatable bonds is 43. The lowest BCUT2D eigenvalue weighted by molar-refractivity contribution is -0.150. The minimum absolute atomic E-state index is 0.00828. The van der Waals surface area contributed by atoms with Gasteiger partial charge in [-0.05, 0) is 90.3 Å². The highest BCUT2D eigenvalue weighted by atomic mass is 16.5. The van der Waals surface area contributed by atoms with Gasteiger partial charge in [-0.3, -0.25) is 19.2 Å². The SMILES string of the molecule is CCCCCC/C=C\COC(=O)CCCCCCCN(CCCCCCCC(=O)OC(CCCCCCC)CCCCCCCC)CCCNc1c(NC)c(=O)c1=O. The molecule has 0 aliphatic heterocycles. The van der Waals surface area contributed by atoms with Gasteiger partial charge in [-0.25, -0.2) is 0 Å². The van der Waals surface area contributed by atoms with Crippen LogP contribution in [0.4, 0.5) is 11.4 Å². The second-order valence-corrected chi connectivity index (χ2v) is 16.7. The third-order valence-corrected chi connectivity index (χ3v) is 11.4. The van der Waals surface area contributed by atoms with E-state index in [2.05, 4.69) is 42.4 Å². The van der Waals surface area contributed by atoms with Gasteiger partial charge in [-0.15, -0.1) is 0 Å². The molecule has 1 rings (SSSR count). The Labute approximate surface area is 355 Å². The van der Waals surface area contributed by atoms with Gasteiger partial charge in [0.1, 0.15) is 24.1 Å². The van der Waals surface area contributed by atoms with Crippen LogP contribution in [-0.4, -0.2) is 62.8 Å². The molecule has 0 saturated carbocycles. The first-order valence-corrected chi connectivity index (χ1v) is 24.3. The van der Waals surface area contributed by atoms with Gasteiger partial charge in [0, 0.05) is 26.4 Å². The zero-order valence-corrected chi connectivity index (χ0v) is 38.1. The van der Waals surface area contributed by atoms with E-state index in [9.17, 15) is 19.2 Å². The summed E-state index contributed by atoms with van der Waals surface area (Å²) >= 11 is 0. The molecule has 9 heteroatoms. The van der Waals surface area contributed by atoms with Crippen LogP contribution in [0.2, 0.25) is 0 Å². The van der Waals surface area contributed by atoms with Crippen LogP contribution in [0.1, 0.15) is 220 Å². The Morgan fingerprint density at radius 3 is 1.59 bits per heavy atom. The molecule has 0 saturated heterocycles. The van der Waals surface area contributed by atoms with Gasteiger partial charge >= 0.3 is 11.9 Å². The van der Waals surface area contributed by atoms with Crippen molar-refractivity contribution in [3.63, 3.8) is 0 Å². The van der Waals surface area contributed by atoms with E-state index < -0.39 is 10.9 Å². The van der Waals surface area contributed by atoms with E-state index in [1.807, 2.05) is 6.08 Å². The zero-order valence-electron chi connectivity index (χ0n) is 38.1. The van der Waals surface area contributed by atoms with Crippen molar-refractivity contribution in [2.75, 3.05) is 50.5 Å². The number of allylic oxidation sites excluding steroid dienone is 1. The maximum absolute atomic E-state index is 12.8. The molecule has 0 amide bonds. The van der Waals surface area contributed by atoms with Crippen LogP contribution in [0.25, 0.3) is 0 Å². The Kier molecular flexibility index (Phi) is 35.4. The molecule has 0 radical (unpaired) electrons. The highest BCUT2D eigenvalue weighted by molar-refractivity contribution is 5.73. The molecule has 0 fully saturated rings. The van der Waals surface area contributed by atoms with Gasteiger partial charge in [0.25, 0.3) is 10.9 Å². The van der Waals surface area contributed by atoms with Gasteiger partial charge in [-0.2, -0.15) is 0 Å². The van der Waals surface area contributed by atoms with Gasteiger partial charge < -0.3 is 25.0 Å². The summed E-state index contributed by atoms with van der Waals surface area (Å²) in [6.45, 7) is 10.7. The fraction of sp³-hybridized carbons (Fsp3) is 0.837. The summed E-state index contributed by atoms with van der Waals surface area (Å²) in [4.78, 5) is 51.1. The predicted octanol–water partition coefficient (Wildman–Crippen LogP) is 12.2. The maximum atomic E-state index is 12.8. The first kappa shape index (κ1) is 53.3. The fourth-order valence-corrected chi connectivity index (χ4v) is 7.64. The number of ether oxygens (including phenoxy) is 2. The number of esters is 2. The number of hydrogen-bond acceptors (Lipinski definition) is 9. The van der Waals surface area contributed by atoms with E-state index >= 15 is 0 Å². The molecule has 0 heterocycles. The number of nitrogens with one attached hydrogen (secondary N) is 2. The lowest BCUT2D eigenvalue weighted by Crippen LogP contribution is -2.37. The first-order valence-electron chi connectivity index (χ1n) is 24.3. The quantitative estimate of drug-likeness (QED) is 0.0288. The van der Waals surface area contributed by atoms with E-state index in [-0.39, 0.29) is 18.0 Å². The largest absolute Gasteiger partial charge is 0.462 e. The van der Waals surface area contributed by atoms with E-state index in [0.29, 0.717) is 37.4 Å². The summed E-state index contributed by atoms with van der Waals surface area (Å²) in [6, 6.07) is 0. The molecule has 336 valence electrons. The highest BCUT2D eigenvalue weighted by Gasteiger charge is 2.19. The normalized spacial score (nSPS) is 12.2. The van der Waals surface area contributed by atoms with Crippen LogP contribution in [-0.2, 0) is 19.1 Å². The molecular weight excluding hydrogens is 727 g/mol. The summed E-state index contributed by atoms with van der Waals surface area (Å²) in [6.07, 6.45) is 38.6. The number of hydrogen-bond donors (Lipinski definition) is 2. The van der Waals surface area contributed by atoms with Crippen molar-refractivity contribution in [3.05, 3.63) is 32.6 Å². The molecule has 0 spiro atoms. The van der Waals surface area contributed by atoms with Crippen LogP contribution in [0.15, 0.2) is 21.7 Å². The van der Waals surface area contributed by atoms with E-state index in [0.717, 1.165) is 122 Å². The lowest BCUT2D eigenvalue weighted by atomic mass is 10.0. The summed E-state index contributed by atoms with van der Waals surface area (Å²) in [5.74, 6) is -0.108. The zero-order chi connectivity index (χ0) is 42.3. The second kappa shape index (κ2) is 38.5. The van der Waals surface area contributed by atoms with Crippen molar-refractivity contribution in [2.24, 2.45) is 0 Å². The molecule has 1 aromatic rings. The molecule has 9 nitrogen and oxygen atoms in total. The lowest BCUT2D eigenvalue weighted by Gasteiger charge is -2.23. The monoisotopic (exact) mass is 816 g/mol. The van der Waals surface area contributed by atoms with Crippen molar-refractivity contribution in [1.29, 1.82) is 0 Å². The molecule has 0 aromatic heterocycles. The number of nitrogens with zero attached hydrogens (tertiary/aromatic N) is 1. The topological polar surface area (TPSA) is 114 Å². The Morgan fingerprint density at radius 1 is 0.552 bits per heavy atom. The Hall–Kier alpha value is -2.68. The summed E-state index contributed by atoms with van der Waals surface area (Å²) in [5, 5.41) is 6.00. The average Bonchev–Trinajstić information content (AvgIpc) is 3.22. The Morgan fingerprint density at radius 2 is 1.02 bits per heavy atom. The van der Waals surface area contributed by atoms with Crippen molar-refractivity contribution in [1.82, 2.24) is 4.90 Å². The summed E-state index contributed by atoms with van der Waals surface area (Å²) in [5.41, 5.74) is -0.0727. The van der Waals surface area contributed by atoms with Crippen LogP contribution in [0.3, 0.4) is 0 Å².